The van der Waals surface area contributed by atoms with Crippen LogP contribution < -0.4 is 10.6 Å². The summed E-state index contributed by atoms with van der Waals surface area (Å²) in [4.78, 5) is 28.0. The van der Waals surface area contributed by atoms with Crippen LogP contribution in [0.5, 0.6) is 0 Å². The van der Waals surface area contributed by atoms with Crippen molar-refractivity contribution >= 4 is 11.8 Å². The van der Waals surface area contributed by atoms with Crippen LogP contribution in [0.2, 0.25) is 0 Å². The lowest BCUT2D eigenvalue weighted by Crippen LogP contribution is -2.47. The second kappa shape index (κ2) is 24.0. The fraction of sp³-hybridized carbons (Fsp3) is 0.867. The Morgan fingerprint density at radius 1 is 0.639 bits per heavy atom. The number of carbonyl (C=O) groups excluding carboxylic acids is 2. The summed E-state index contributed by atoms with van der Waals surface area (Å²) in [6.07, 6.45) is 24.2. The van der Waals surface area contributed by atoms with E-state index in [4.69, 9.17) is 0 Å². The third-order valence-corrected chi connectivity index (χ3v) is 7.13. The summed E-state index contributed by atoms with van der Waals surface area (Å²) in [5.74, 6) is 0.274. The minimum atomic E-state index is 0.0552. The van der Waals surface area contributed by atoms with Gasteiger partial charge in [-0.2, -0.15) is 0 Å². The van der Waals surface area contributed by atoms with Gasteiger partial charge < -0.3 is 20.4 Å². The third-order valence-electron chi connectivity index (χ3n) is 7.13. The number of allylic oxidation sites excluding steroid dienone is 2. The Balaban J connectivity index is 1.83. The first kappa shape index (κ1) is 32.6. The van der Waals surface area contributed by atoms with Crippen LogP contribution in [0.25, 0.3) is 0 Å². The van der Waals surface area contributed by atoms with E-state index in [0.717, 1.165) is 71.6 Å². The smallest absolute Gasteiger partial charge is 0.219 e. The van der Waals surface area contributed by atoms with Crippen molar-refractivity contribution in [2.24, 2.45) is 0 Å². The molecule has 0 aromatic heterocycles. The van der Waals surface area contributed by atoms with Gasteiger partial charge in [-0.25, -0.2) is 0 Å². The monoisotopic (exact) mass is 506 g/mol. The second-order valence-electron chi connectivity index (χ2n) is 10.6. The standard InChI is InChI=1S/C30H58N4O2/c1-3-4-5-6-7-8-9-10-11-12-13-14-15-16-17-20-30(36)32-22-19-24-34-27-25-33(26-28-34)23-18-21-31-29(2)35/h10-11H,3-9,12-28H2,1-2H3,(H,31,35)(H,32,36)/b11-10+. The summed E-state index contributed by atoms with van der Waals surface area (Å²) in [6, 6.07) is 0. The Kier molecular flexibility index (Phi) is 21.7. The van der Waals surface area contributed by atoms with Gasteiger partial charge in [-0.05, 0) is 58.0 Å². The second-order valence-corrected chi connectivity index (χ2v) is 10.6. The van der Waals surface area contributed by atoms with E-state index in [1.54, 1.807) is 6.92 Å². The van der Waals surface area contributed by atoms with Gasteiger partial charge in [0.25, 0.3) is 0 Å². The number of carbonyl (C=O) groups is 2. The molecule has 0 saturated carbocycles. The lowest BCUT2D eigenvalue weighted by Gasteiger charge is -2.34. The van der Waals surface area contributed by atoms with E-state index in [1.165, 1.54) is 77.0 Å². The van der Waals surface area contributed by atoms with Crippen molar-refractivity contribution in [1.82, 2.24) is 20.4 Å². The fourth-order valence-electron chi connectivity index (χ4n) is 4.78. The molecule has 1 heterocycles. The van der Waals surface area contributed by atoms with E-state index in [0.29, 0.717) is 6.42 Å². The highest BCUT2D eigenvalue weighted by Crippen LogP contribution is 2.10. The van der Waals surface area contributed by atoms with E-state index < -0.39 is 0 Å². The number of piperazine rings is 1. The molecule has 2 N–H and O–H groups in total. The number of hydrogen-bond acceptors (Lipinski definition) is 4. The number of rotatable bonds is 23. The Hall–Kier alpha value is -1.40. The zero-order valence-corrected chi connectivity index (χ0v) is 23.8. The van der Waals surface area contributed by atoms with E-state index in [2.05, 4.69) is 39.5 Å². The molecule has 1 saturated heterocycles. The first-order valence-electron chi connectivity index (χ1n) is 15.2. The zero-order chi connectivity index (χ0) is 26.1. The summed E-state index contributed by atoms with van der Waals surface area (Å²) in [5, 5.41) is 5.97. The maximum atomic E-state index is 12.1. The van der Waals surface area contributed by atoms with E-state index in [-0.39, 0.29) is 11.8 Å². The number of amides is 2. The third kappa shape index (κ3) is 20.8. The fourth-order valence-corrected chi connectivity index (χ4v) is 4.78. The van der Waals surface area contributed by atoms with Crippen molar-refractivity contribution in [3.8, 4) is 0 Å². The molecule has 6 heteroatoms. The molecule has 0 aromatic carbocycles. The molecule has 1 fully saturated rings. The van der Waals surface area contributed by atoms with Gasteiger partial charge in [-0.15, -0.1) is 0 Å². The molecular weight excluding hydrogens is 448 g/mol. The number of nitrogens with one attached hydrogen (secondary N) is 2. The Bertz CT molecular complexity index is 559. The molecule has 6 nitrogen and oxygen atoms in total. The van der Waals surface area contributed by atoms with E-state index >= 15 is 0 Å². The summed E-state index contributed by atoms with van der Waals surface area (Å²) >= 11 is 0. The molecule has 36 heavy (non-hydrogen) atoms. The minimum absolute atomic E-state index is 0.0552. The maximum Gasteiger partial charge on any atom is 0.219 e. The molecule has 210 valence electrons. The normalized spacial score (nSPS) is 14.9. The molecule has 2 amide bonds. The van der Waals surface area contributed by atoms with Gasteiger partial charge in [0, 0.05) is 52.6 Å². The quantitative estimate of drug-likeness (QED) is 0.138. The lowest BCUT2D eigenvalue weighted by atomic mass is 10.1. The van der Waals surface area contributed by atoms with Crippen LogP contribution in [0.1, 0.15) is 117 Å². The van der Waals surface area contributed by atoms with Gasteiger partial charge in [0.15, 0.2) is 0 Å². The zero-order valence-electron chi connectivity index (χ0n) is 23.8. The highest BCUT2D eigenvalue weighted by molar-refractivity contribution is 5.75. The summed E-state index contributed by atoms with van der Waals surface area (Å²) in [7, 11) is 0. The molecule has 0 radical (unpaired) electrons. The van der Waals surface area contributed by atoms with Crippen LogP contribution in [0.4, 0.5) is 0 Å². The van der Waals surface area contributed by atoms with Crippen LogP contribution in [0.15, 0.2) is 12.2 Å². The highest BCUT2D eigenvalue weighted by atomic mass is 16.2. The average Bonchev–Trinajstić information content (AvgIpc) is 2.87. The Labute approximate surface area is 223 Å². The highest BCUT2D eigenvalue weighted by Gasteiger charge is 2.15. The molecule has 0 spiro atoms. The molecule has 0 unspecified atom stereocenters. The van der Waals surface area contributed by atoms with Crippen LogP contribution in [-0.2, 0) is 9.59 Å². The average molecular weight is 507 g/mol. The topological polar surface area (TPSA) is 64.7 Å². The van der Waals surface area contributed by atoms with Crippen molar-refractivity contribution < 1.29 is 9.59 Å². The van der Waals surface area contributed by atoms with E-state index in [9.17, 15) is 9.59 Å². The Morgan fingerprint density at radius 3 is 1.64 bits per heavy atom. The molecule has 1 aliphatic heterocycles. The SMILES string of the molecule is CCCCCCCC/C=C/CCCCCCCC(=O)NCCCN1CCN(CCCNC(C)=O)CC1. The van der Waals surface area contributed by atoms with Crippen molar-refractivity contribution in [2.75, 3.05) is 52.4 Å². The van der Waals surface area contributed by atoms with Gasteiger partial charge >= 0.3 is 0 Å². The lowest BCUT2D eigenvalue weighted by molar-refractivity contribution is -0.121. The Morgan fingerprint density at radius 2 is 1.11 bits per heavy atom. The molecular formula is C30H58N4O2. The van der Waals surface area contributed by atoms with Crippen molar-refractivity contribution in [3.05, 3.63) is 12.2 Å². The van der Waals surface area contributed by atoms with Crippen LogP contribution in [0.3, 0.4) is 0 Å². The van der Waals surface area contributed by atoms with Crippen molar-refractivity contribution in [2.45, 2.75) is 117 Å². The van der Waals surface area contributed by atoms with Gasteiger partial charge in [-0.3, -0.25) is 9.59 Å². The van der Waals surface area contributed by atoms with Crippen LogP contribution in [-0.4, -0.2) is 74.0 Å². The molecule has 1 aliphatic rings. The first-order valence-corrected chi connectivity index (χ1v) is 15.2. The molecule has 0 aromatic rings. The molecule has 0 bridgehead atoms. The molecule has 0 aliphatic carbocycles. The van der Waals surface area contributed by atoms with Crippen molar-refractivity contribution in [1.29, 1.82) is 0 Å². The van der Waals surface area contributed by atoms with Gasteiger partial charge in [-0.1, -0.05) is 70.4 Å². The minimum Gasteiger partial charge on any atom is -0.356 e. The predicted molar refractivity (Wildman–Crippen MR) is 153 cm³/mol. The predicted octanol–water partition coefficient (Wildman–Crippen LogP) is 5.67. The molecule has 1 rings (SSSR count). The van der Waals surface area contributed by atoms with Crippen LogP contribution in [0, 0.1) is 0 Å². The summed E-state index contributed by atoms with van der Waals surface area (Å²) in [5.41, 5.74) is 0. The largest absolute Gasteiger partial charge is 0.356 e. The van der Waals surface area contributed by atoms with Crippen LogP contribution >= 0.6 is 0 Å². The van der Waals surface area contributed by atoms with Gasteiger partial charge in [0.05, 0.1) is 0 Å². The van der Waals surface area contributed by atoms with Gasteiger partial charge in [0.1, 0.15) is 0 Å². The summed E-state index contributed by atoms with van der Waals surface area (Å²) < 4.78 is 0. The van der Waals surface area contributed by atoms with Crippen molar-refractivity contribution in [3.63, 3.8) is 0 Å². The number of unbranched alkanes of at least 4 members (excludes halogenated alkanes) is 11. The van der Waals surface area contributed by atoms with E-state index in [1.807, 2.05) is 0 Å². The molecule has 0 atom stereocenters. The first-order chi connectivity index (χ1) is 17.6. The van der Waals surface area contributed by atoms with Gasteiger partial charge in [0.2, 0.25) is 11.8 Å². The summed E-state index contributed by atoms with van der Waals surface area (Å²) in [6.45, 7) is 11.9. The maximum absolute atomic E-state index is 12.1. The number of nitrogens with zero attached hydrogens (tertiary/aromatic N) is 2. The number of hydrogen-bond donors (Lipinski definition) is 2.